The topological polar surface area (TPSA) is 114 Å². The molecule has 0 atom stereocenters. The van der Waals surface area contributed by atoms with Gasteiger partial charge >= 0.3 is 5.69 Å². The van der Waals surface area contributed by atoms with Crippen molar-refractivity contribution in [2.75, 3.05) is 7.11 Å². The highest BCUT2D eigenvalue weighted by Gasteiger charge is 2.15. The number of nitrogens with zero attached hydrogens (tertiary/aromatic N) is 4. The van der Waals surface area contributed by atoms with Crippen molar-refractivity contribution in [3.63, 3.8) is 0 Å². The minimum Gasteiger partial charge on any atom is -0.495 e. The molecule has 0 saturated carbocycles. The largest absolute Gasteiger partial charge is 0.495 e. The van der Waals surface area contributed by atoms with E-state index in [1.165, 1.54) is 19.5 Å². The highest BCUT2D eigenvalue weighted by atomic mass is 16.5. The third-order valence-electron chi connectivity index (χ3n) is 5.30. The van der Waals surface area contributed by atoms with Crippen molar-refractivity contribution in [3.05, 3.63) is 93.7 Å². The number of aromatic amines is 1. The molecule has 8 heteroatoms. The van der Waals surface area contributed by atoms with E-state index in [2.05, 4.69) is 21.0 Å². The molecule has 32 heavy (non-hydrogen) atoms. The number of hydrogen-bond acceptors (Lipinski definition) is 6. The zero-order chi connectivity index (χ0) is 22.2. The number of nitriles is 1. The number of aromatic nitrogens is 4. The Morgan fingerprint density at radius 1 is 1.03 bits per heavy atom. The van der Waals surface area contributed by atoms with Gasteiger partial charge in [0.25, 0.3) is 5.56 Å². The number of H-pyrrole nitrogens is 1. The molecule has 154 valence electrons. The van der Waals surface area contributed by atoms with Gasteiger partial charge in [0.15, 0.2) is 0 Å². The number of benzene rings is 2. The standard InChI is InChI=1S/C24H15N5O3/c1-32-16-9-19(21(10-25)27-12-16)14-6-7-18-20(8-14)28-24(31)29(23(18)30)22-13-26-11-15-4-2-3-5-17(15)22/h2-9,11-13H,1H3,(H,28,31). The Balaban J connectivity index is 1.75. The maximum absolute atomic E-state index is 13.3. The Bertz CT molecular complexity index is 1670. The summed E-state index contributed by atoms with van der Waals surface area (Å²) in [5.41, 5.74) is 1.09. The maximum atomic E-state index is 13.3. The molecule has 0 aliphatic heterocycles. The van der Waals surface area contributed by atoms with Crippen LogP contribution in [0.15, 0.2) is 76.7 Å². The molecule has 0 amide bonds. The molecule has 0 aliphatic rings. The average molecular weight is 421 g/mol. The van der Waals surface area contributed by atoms with Crippen molar-refractivity contribution in [2.45, 2.75) is 0 Å². The first-order chi connectivity index (χ1) is 15.6. The summed E-state index contributed by atoms with van der Waals surface area (Å²) in [6.45, 7) is 0. The van der Waals surface area contributed by atoms with E-state index < -0.39 is 11.2 Å². The first kappa shape index (κ1) is 19.2. The molecule has 3 aromatic heterocycles. The van der Waals surface area contributed by atoms with Crippen LogP contribution < -0.4 is 16.0 Å². The summed E-state index contributed by atoms with van der Waals surface area (Å²) in [5.74, 6) is 0.492. The molecule has 5 aromatic rings. The van der Waals surface area contributed by atoms with E-state index in [9.17, 15) is 14.9 Å². The van der Waals surface area contributed by atoms with E-state index >= 15 is 0 Å². The summed E-state index contributed by atoms with van der Waals surface area (Å²) in [6, 6.07) is 16.1. The van der Waals surface area contributed by atoms with Gasteiger partial charge in [-0.3, -0.25) is 9.78 Å². The third-order valence-corrected chi connectivity index (χ3v) is 5.30. The second-order valence-electron chi connectivity index (χ2n) is 7.09. The van der Waals surface area contributed by atoms with Crippen molar-refractivity contribution in [2.24, 2.45) is 0 Å². The molecule has 0 fully saturated rings. The van der Waals surface area contributed by atoms with Crippen LogP contribution in [-0.2, 0) is 0 Å². The van der Waals surface area contributed by atoms with Gasteiger partial charge in [0.05, 0.1) is 36.1 Å². The van der Waals surface area contributed by atoms with Gasteiger partial charge in [-0.05, 0) is 23.8 Å². The van der Waals surface area contributed by atoms with Crippen LogP contribution in [0.4, 0.5) is 0 Å². The molecule has 0 saturated heterocycles. The summed E-state index contributed by atoms with van der Waals surface area (Å²) in [4.78, 5) is 37.3. The van der Waals surface area contributed by atoms with Crippen LogP contribution in [0.25, 0.3) is 38.5 Å². The summed E-state index contributed by atoms with van der Waals surface area (Å²) in [6.07, 6.45) is 4.64. The summed E-state index contributed by atoms with van der Waals surface area (Å²) < 4.78 is 6.30. The van der Waals surface area contributed by atoms with E-state index in [4.69, 9.17) is 4.74 Å². The quantitative estimate of drug-likeness (QED) is 0.479. The monoisotopic (exact) mass is 421 g/mol. The van der Waals surface area contributed by atoms with E-state index in [1.54, 1.807) is 30.5 Å². The van der Waals surface area contributed by atoms with Crippen molar-refractivity contribution < 1.29 is 4.74 Å². The molecule has 0 bridgehead atoms. The van der Waals surface area contributed by atoms with Crippen LogP contribution in [0.2, 0.25) is 0 Å². The lowest BCUT2D eigenvalue weighted by molar-refractivity contribution is 0.413. The number of ether oxygens (including phenoxy) is 1. The van der Waals surface area contributed by atoms with E-state index in [0.717, 1.165) is 15.3 Å². The van der Waals surface area contributed by atoms with Gasteiger partial charge in [-0.25, -0.2) is 14.3 Å². The minimum absolute atomic E-state index is 0.211. The SMILES string of the molecule is COc1cnc(C#N)c(-c2ccc3c(=O)n(-c4cncc5ccccc45)c(=O)[nH]c3c2)c1. The Labute approximate surface area is 181 Å². The first-order valence-corrected chi connectivity index (χ1v) is 9.67. The van der Waals surface area contributed by atoms with Gasteiger partial charge in [-0.2, -0.15) is 5.26 Å². The van der Waals surface area contributed by atoms with E-state index in [0.29, 0.717) is 33.5 Å². The van der Waals surface area contributed by atoms with Crippen molar-refractivity contribution in [3.8, 4) is 28.6 Å². The van der Waals surface area contributed by atoms with Crippen molar-refractivity contribution >= 4 is 21.7 Å². The fraction of sp³-hybridized carbons (Fsp3) is 0.0417. The van der Waals surface area contributed by atoms with Gasteiger partial charge in [0, 0.05) is 22.5 Å². The lowest BCUT2D eigenvalue weighted by atomic mass is 10.0. The molecule has 0 spiro atoms. The Kier molecular flexibility index (Phi) is 4.49. The molecule has 0 unspecified atom stereocenters. The smallest absolute Gasteiger partial charge is 0.333 e. The highest BCUT2D eigenvalue weighted by molar-refractivity contribution is 5.90. The molecule has 1 N–H and O–H groups in total. The second-order valence-corrected chi connectivity index (χ2v) is 7.09. The number of hydrogen-bond donors (Lipinski definition) is 1. The summed E-state index contributed by atoms with van der Waals surface area (Å²) >= 11 is 0. The van der Waals surface area contributed by atoms with Crippen molar-refractivity contribution in [1.82, 2.24) is 19.5 Å². The fourth-order valence-electron chi connectivity index (χ4n) is 3.75. The van der Waals surface area contributed by atoms with E-state index in [1.807, 2.05) is 24.3 Å². The fourth-order valence-corrected chi connectivity index (χ4v) is 3.75. The van der Waals surface area contributed by atoms with Gasteiger partial charge < -0.3 is 9.72 Å². The second kappa shape index (κ2) is 7.49. The van der Waals surface area contributed by atoms with Gasteiger partial charge in [-0.15, -0.1) is 0 Å². The third kappa shape index (κ3) is 3.00. The number of pyridine rings is 2. The Morgan fingerprint density at radius 2 is 1.88 bits per heavy atom. The molecule has 0 aliphatic carbocycles. The maximum Gasteiger partial charge on any atom is 0.333 e. The van der Waals surface area contributed by atoms with Crippen LogP contribution in [0.5, 0.6) is 5.75 Å². The normalized spacial score (nSPS) is 10.9. The first-order valence-electron chi connectivity index (χ1n) is 9.67. The predicted molar refractivity (Wildman–Crippen MR) is 120 cm³/mol. The molecule has 2 aromatic carbocycles. The number of fused-ring (bicyclic) bond motifs is 2. The average Bonchev–Trinajstić information content (AvgIpc) is 2.83. The van der Waals surface area contributed by atoms with Crippen LogP contribution in [0, 0.1) is 11.3 Å². The number of rotatable bonds is 3. The zero-order valence-electron chi connectivity index (χ0n) is 16.9. The number of methoxy groups -OCH3 is 1. The lowest BCUT2D eigenvalue weighted by Gasteiger charge is -2.11. The van der Waals surface area contributed by atoms with Crippen LogP contribution in [-0.4, -0.2) is 26.6 Å². The summed E-state index contributed by atoms with van der Waals surface area (Å²) in [5, 5.41) is 11.3. The minimum atomic E-state index is -0.581. The van der Waals surface area contributed by atoms with Gasteiger partial charge in [0.1, 0.15) is 17.5 Å². The molecular weight excluding hydrogens is 406 g/mol. The predicted octanol–water partition coefficient (Wildman–Crippen LogP) is 3.17. The van der Waals surface area contributed by atoms with Crippen LogP contribution >= 0.6 is 0 Å². The van der Waals surface area contributed by atoms with E-state index in [-0.39, 0.29) is 5.69 Å². The zero-order valence-corrected chi connectivity index (χ0v) is 16.9. The number of nitrogens with one attached hydrogen (secondary N) is 1. The summed E-state index contributed by atoms with van der Waals surface area (Å²) in [7, 11) is 1.51. The molecule has 8 nitrogen and oxygen atoms in total. The van der Waals surface area contributed by atoms with Crippen LogP contribution in [0.1, 0.15) is 5.69 Å². The molecular formula is C24H15N5O3. The Morgan fingerprint density at radius 3 is 2.69 bits per heavy atom. The van der Waals surface area contributed by atoms with Crippen molar-refractivity contribution in [1.29, 1.82) is 5.26 Å². The van der Waals surface area contributed by atoms with Gasteiger partial charge in [-0.1, -0.05) is 30.3 Å². The highest BCUT2D eigenvalue weighted by Crippen LogP contribution is 2.28. The lowest BCUT2D eigenvalue weighted by Crippen LogP contribution is -2.33. The Hall–Kier alpha value is -4.77. The van der Waals surface area contributed by atoms with Gasteiger partial charge in [0.2, 0.25) is 0 Å². The molecule has 0 radical (unpaired) electrons. The molecule has 3 heterocycles. The molecule has 5 rings (SSSR count). The van der Waals surface area contributed by atoms with Crippen LogP contribution in [0.3, 0.4) is 0 Å².